The van der Waals surface area contributed by atoms with Crippen molar-refractivity contribution in [3.8, 4) is 0 Å². The third-order valence-corrected chi connectivity index (χ3v) is 5.84. The van der Waals surface area contributed by atoms with E-state index >= 15 is 0 Å². The molecule has 0 aliphatic carbocycles. The largest absolute Gasteiger partial charge is 0.347 e. The molecule has 140 valence electrons. The van der Waals surface area contributed by atoms with Crippen molar-refractivity contribution in [2.24, 2.45) is 0 Å². The second kappa shape index (κ2) is 7.68. The maximum atomic E-state index is 12.4. The highest BCUT2D eigenvalue weighted by atomic mass is 35.5. The molecule has 0 radical (unpaired) electrons. The number of benzene rings is 2. The first kappa shape index (κ1) is 20.3. The van der Waals surface area contributed by atoms with Crippen LogP contribution in [0, 0.1) is 6.92 Å². The topological polar surface area (TPSA) is 75.3 Å². The van der Waals surface area contributed by atoms with Crippen molar-refractivity contribution in [3.63, 3.8) is 0 Å². The predicted octanol–water partition coefficient (Wildman–Crippen LogP) is 4.37. The van der Waals surface area contributed by atoms with Gasteiger partial charge in [0, 0.05) is 5.54 Å². The van der Waals surface area contributed by atoms with Crippen LogP contribution in [0.2, 0.25) is 5.02 Å². The highest BCUT2D eigenvalue weighted by molar-refractivity contribution is 7.92. The predicted molar refractivity (Wildman–Crippen MR) is 105 cm³/mol. The van der Waals surface area contributed by atoms with Crippen molar-refractivity contribution in [2.75, 3.05) is 4.72 Å². The monoisotopic (exact) mass is 394 g/mol. The molecule has 1 amide bonds. The van der Waals surface area contributed by atoms with Crippen LogP contribution in [-0.4, -0.2) is 19.9 Å². The van der Waals surface area contributed by atoms with Gasteiger partial charge in [0.1, 0.15) is 0 Å². The smallest absolute Gasteiger partial charge is 0.261 e. The summed E-state index contributed by atoms with van der Waals surface area (Å²) in [6, 6.07) is 11.0. The number of carbonyl (C=O) groups is 1. The summed E-state index contributed by atoms with van der Waals surface area (Å²) in [4.78, 5) is 12.5. The number of hydrogen-bond acceptors (Lipinski definition) is 3. The average molecular weight is 395 g/mol. The normalized spacial score (nSPS) is 11.9. The minimum absolute atomic E-state index is 0.158. The summed E-state index contributed by atoms with van der Waals surface area (Å²) in [5.74, 6) is -0.296. The third kappa shape index (κ3) is 4.99. The molecule has 2 aromatic rings. The number of rotatable bonds is 6. The molecule has 0 saturated carbocycles. The summed E-state index contributed by atoms with van der Waals surface area (Å²) in [6.07, 6.45) is 0.769. The maximum Gasteiger partial charge on any atom is 0.261 e. The number of anilines is 1. The highest BCUT2D eigenvalue weighted by Gasteiger charge is 2.21. The van der Waals surface area contributed by atoms with E-state index in [-0.39, 0.29) is 21.4 Å². The Morgan fingerprint density at radius 1 is 1.12 bits per heavy atom. The van der Waals surface area contributed by atoms with E-state index in [0.29, 0.717) is 11.3 Å². The van der Waals surface area contributed by atoms with Gasteiger partial charge in [0.05, 0.1) is 21.2 Å². The molecule has 0 fully saturated rings. The maximum absolute atomic E-state index is 12.4. The third-order valence-electron chi connectivity index (χ3n) is 4.13. The molecule has 2 rings (SSSR count). The van der Waals surface area contributed by atoms with E-state index in [1.165, 1.54) is 30.3 Å². The highest BCUT2D eigenvalue weighted by Crippen LogP contribution is 2.24. The van der Waals surface area contributed by atoms with Crippen LogP contribution in [0.25, 0.3) is 0 Å². The van der Waals surface area contributed by atoms with Gasteiger partial charge in [-0.15, -0.1) is 0 Å². The van der Waals surface area contributed by atoms with Crippen LogP contribution >= 0.6 is 11.6 Å². The zero-order valence-corrected chi connectivity index (χ0v) is 16.8. The van der Waals surface area contributed by atoms with Crippen LogP contribution in [0.3, 0.4) is 0 Å². The molecule has 0 saturated heterocycles. The first-order valence-corrected chi connectivity index (χ1v) is 10.1. The van der Waals surface area contributed by atoms with Crippen molar-refractivity contribution >= 4 is 33.2 Å². The van der Waals surface area contributed by atoms with Crippen LogP contribution in [-0.2, 0) is 10.0 Å². The zero-order valence-electron chi connectivity index (χ0n) is 15.3. The lowest BCUT2D eigenvalue weighted by atomic mass is 10.0. The van der Waals surface area contributed by atoms with Crippen molar-refractivity contribution in [3.05, 3.63) is 58.6 Å². The molecule has 0 bridgehead atoms. The van der Waals surface area contributed by atoms with Gasteiger partial charge >= 0.3 is 0 Å². The molecule has 0 heterocycles. The first-order valence-electron chi connectivity index (χ1n) is 8.25. The SMILES string of the molecule is CCC(C)(C)NC(=O)c1ccc(NS(=O)(=O)c2ccc(C)cc2)cc1Cl. The molecule has 0 spiro atoms. The molecular formula is C19H23ClN2O3S. The molecule has 0 atom stereocenters. The molecule has 0 aromatic heterocycles. The van der Waals surface area contributed by atoms with Crippen molar-refractivity contribution in [2.45, 2.75) is 44.6 Å². The number of nitrogens with one attached hydrogen (secondary N) is 2. The van der Waals surface area contributed by atoms with E-state index < -0.39 is 10.0 Å². The number of hydrogen-bond donors (Lipinski definition) is 2. The Kier molecular flexibility index (Phi) is 5.98. The Hall–Kier alpha value is -2.05. The van der Waals surface area contributed by atoms with E-state index in [9.17, 15) is 13.2 Å². The number of halogens is 1. The molecule has 26 heavy (non-hydrogen) atoms. The molecule has 5 nitrogen and oxygen atoms in total. The Balaban J connectivity index is 2.21. The Labute approximate surface area is 159 Å². The number of aryl methyl sites for hydroxylation is 1. The van der Waals surface area contributed by atoms with E-state index in [4.69, 9.17) is 11.6 Å². The van der Waals surface area contributed by atoms with Crippen LogP contribution < -0.4 is 10.0 Å². The fraction of sp³-hybridized carbons (Fsp3) is 0.316. The van der Waals surface area contributed by atoms with E-state index in [0.717, 1.165) is 12.0 Å². The number of carbonyl (C=O) groups excluding carboxylic acids is 1. The molecule has 2 aromatic carbocycles. The van der Waals surface area contributed by atoms with Gasteiger partial charge in [-0.1, -0.05) is 36.2 Å². The lowest BCUT2D eigenvalue weighted by Gasteiger charge is -2.24. The zero-order chi connectivity index (χ0) is 19.5. The van der Waals surface area contributed by atoms with E-state index in [1.807, 2.05) is 27.7 Å². The van der Waals surface area contributed by atoms with Gasteiger partial charge in [0.15, 0.2) is 0 Å². The lowest BCUT2D eigenvalue weighted by Crippen LogP contribution is -2.42. The minimum atomic E-state index is -3.72. The number of amides is 1. The van der Waals surface area contributed by atoms with Gasteiger partial charge in [0.25, 0.3) is 15.9 Å². The number of sulfonamides is 1. The van der Waals surface area contributed by atoms with Crippen molar-refractivity contribution in [1.82, 2.24) is 5.32 Å². The lowest BCUT2D eigenvalue weighted by molar-refractivity contribution is 0.0911. The fourth-order valence-corrected chi connectivity index (χ4v) is 3.47. The summed E-state index contributed by atoms with van der Waals surface area (Å²) >= 11 is 6.20. The Bertz CT molecular complexity index is 907. The summed E-state index contributed by atoms with van der Waals surface area (Å²) in [5, 5.41) is 3.08. The summed E-state index contributed by atoms with van der Waals surface area (Å²) in [7, 11) is -3.72. The molecular weight excluding hydrogens is 372 g/mol. The van der Waals surface area contributed by atoms with Crippen molar-refractivity contribution in [1.29, 1.82) is 0 Å². The second-order valence-corrected chi connectivity index (χ2v) is 8.89. The van der Waals surface area contributed by atoms with Gasteiger partial charge in [0.2, 0.25) is 0 Å². The minimum Gasteiger partial charge on any atom is -0.347 e. The standard InChI is InChI=1S/C19H23ClN2O3S/c1-5-19(3,4)21-18(23)16-11-8-14(12-17(16)20)22-26(24,25)15-9-6-13(2)7-10-15/h6-12,22H,5H2,1-4H3,(H,21,23). The second-order valence-electron chi connectivity index (χ2n) is 6.80. The molecule has 0 unspecified atom stereocenters. The van der Waals surface area contributed by atoms with E-state index in [2.05, 4.69) is 10.0 Å². The average Bonchev–Trinajstić information content (AvgIpc) is 2.54. The van der Waals surface area contributed by atoms with Gasteiger partial charge in [-0.3, -0.25) is 9.52 Å². The summed E-state index contributed by atoms with van der Waals surface area (Å²) < 4.78 is 27.3. The van der Waals surface area contributed by atoms with Crippen LogP contribution in [0.15, 0.2) is 47.4 Å². The Morgan fingerprint density at radius 2 is 1.73 bits per heavy atom. The van der Waals surface area contributed by atoms with Gasteiger partial charge in [-0.25, -0.2) is 8.42 Å². The Morgan fingerprint density at radius 3 is 2.27 bits per heavy atom. The van der Waals surface area contributed by atoms with Gasteiger partial charge < -0.3 is 5.32 Å². The van der Waals surface area contributed by atoms with E-state index in [1.54, 1.807) is 12.1 Å². The van der Waals surface area contributed by atoms with Crippen molar-refractivity contribution < 1.29 is 13.2 Å². The van der Waals surface area contributed by atoms with Crippen LogP contribution in [0.5, 0.6) is 0 Å². The molecule has 0 aliphatic rings. The van der Waals surface area contributed by atoms with Gasteiger partial charge in [-0.05, 0) is 57.5 Å². The first-order chi connectivity index (χ1) is 12.0. The quantitative estimate of drug-likeness (QED) is 0.763. The molecule has 2 N–H and O–H groups in total. The van der Waals surface area contributed by atoms with Gasteiger partial charge in [-0.2, -0.15) is 0 Å². The molecule has 7 heteroatoms. The van der Waals surface area contributed by atoms with Crippen LogP contribution in [0.1, 0.15) is 43.1 Å². The molecule has 0 aliphatic heterocycles. The summed E-state index contributed by atoms with van der Waals surface area (Å²) in [6.45, 7) is 7.70. The fourth-order valence-electron chi connectivity index (χ4n) is 2.16. The summed E-state index contributed by atoms with van der Waals surface area (Å²) in [5.41, 5.74) is 1.21. The van der Waals surface area contributed by atoms with Crippen LogP contribution in [0.4, 0.5) is 5.69 Å².